The molecule has 1 aromatic rings. The van der Waals surface area contributed by atoms with Crippen LogP contribution in [0.3, 0.4) is 0 Å². The number of amides is 1. The number of carbonyl (C=O) groups excluding carboxylic acids is 1. The van der Waals surface area contributed by atoms with Crippen molar-refractivity contribution < 1.29 is 4.79 Å². The summed E-state index contributed by atoms with van der Waals surface area (Å²) < 4.78 is 0. The number of nitrogens with zero attached hydrogens (tertiary/aromatic N) is 1. The van der Waals surface area contributed by atoms with Gasteiger partial charge in [0, 0.05) is 29.4 Å². The highest BCUT2D eigenvalue weighted by molar-refractivity contribution is 7.12. The lowest BCUT2D eigenvalue weighted by atomic mass is 10.2. The van der Waals surface area contributed by atoms with Gasteiger partial charge in [0.1, 0.15) is 0 Å². The Balaban J connectivity index is 1.51. The van der Waals surface area contributed by atoms with Crippen LogP contribution in [0.2, 0.25) is 0 Å². The Hall–Kier alpha value is -0.870. The maximum atomic E-state index is 12.2. The van der Waals surface area contributed by atoms with Crippen LogP contribution in [0, 0.1) is 0 Å². The molecule has 1 fully saturated rings. The van der Waals surface area contributed by atoms with E-state index in [1.165, 1.54) is 24.1 Å². The summed E-state index contributed by atoms with van der Waals surface area (Å²) in [5.41, 5.74) is 1.54. The summed E-state index contributed by atoms with van der Waals surface area (Å²) >= 11 is 1.92. The number of fused-ring (bicyclic) bond motifs is 1. The Morgan fingerprint density at radius 1 is 1.37 bits per heavy atom. The van der Waals surface area contributed by atoms with Crippen LogP contribution >= 0.6 is 11.3 Å². The normalized spacial score (nSPS) is 19.7. The molecule has 1 aliphatic carbocycles. The topological polar surface area (TPSA) is 32.3 Å². The molecule has 1 aliphatic heterocycles. The SMILES string of the molecule is CC(NCc1cc2c(s1)CCC2)C(=O)N1CCCC1. The second-order valence-electron chi connectivity index (χ2n) is 5.65. The van der Waals surface area contributed by atoms with Gasteiger partial charge in [0.25, 0.3) is 0 Å². The highest BCUT2D eigenvalue weighted by atomic mass is 32.1. The molecular weight excluding hydrogens is 256 g/mol. The zero-order chi connectivity index (χ0) is 13.2. The van der Waals surface area contributed by atoms with Gasteiger partial charge in [-0.1, -0.05) is 0 Å². The molecule has 2 heterocycles. The minimum atomic E-state index is -0.0601. The number of thiophene rings is 1. The van der Waals surface area contributed by atoms with Gasteiger partial charge in [-0.15, -0.1) is 11.3 Å². The first-order valence-electron chi connectivity index (χ1n) is 7.36. The Morgan fingerprint density at radius 2 is 2.16 bits per heavy atom. The summed E-state index contributed by atoms with van der Waals surface area (Å²) in [7, 11) is 0. The second-order valence-corrected chi connectivity index (χ2v) is 6.87. The van der Waals surface area contributed by atoms with Crippen molar-refractivity contribution in [3.8, 4) is 0 Å². The third kappa shape index (κ3) is 2.84. The van der Waals surface area contributed by atoms with Crippen LogP contribution in [0.25, 0.3) is 0 Å². The average Bonchev–Trinajstić information content (AvgIpc) is 3.10. The molecule has 1 saturated heterocycles. The maximum absolute atomic E-state index is 12.2. The molecule has 3 nitrogen and oxygen atoms in total. The molecule has 0 aromatic carbocycles. The number of aryl methyl sites for hydroxylation is 2. The molecule has 19 heavy (non-hydrogen) atoms. The average molecular weight is 278 g/mol. The van der Waals surface area contributed by atoms with Crippen molar-refractivity contribution in [2.75, 3.05) is 13.1 Å². The van der Waals surface area contributed by atoms with E-state index in [1.54, 1.807) is 10.4 Å². The smallest absolute Gasteiger partial charge is 0.239 e. The second kappa shape index (κ2) is 5.63. The zero-order valence-electron chi connectivity index (χ0n) is 11.6. The van der Waals surface area contributed by atoms with Crippen LogP contribution in [0.5, 0.6) is 0 Å². The first-order valence-corrected chi connectivity index (χ1v) is 8.18. The van der Waals surface area contributed by atoms with Crippen molar-refractivity contribution in [3.63, 3.8) is 0 Å². The predicted molar refractivity (Wildman–Crippen MR) is 78.5 cm³/mol. The van der Waals surface area contributed by atoms with E-state index in [1.807, 2.05) is 23.2 Å². The van der Waals surface area contributed by atoms with Crippen LogP contribution in [-0.2, 0) is 24.2 Å². The predicted octanol–water partition coefficient (Wildman–Crippen LogP) is 2.34. The molecule has 2 aliphatic rings. The molecule has 0 saturated carbocycles. The fourth-order valence-electron chi connectivity index (χ4n) is 3.03. The minimum Gasteiger partial charge on any atom is -0.341 e. The van der Waals surface area contributed by atoms with Gasteiger partial charge < -0.3 is 10.2 Å². The summed E-state index contributed by atoms with van der Waals surface area (Å²) in [6.07, 6.45) is 6.14. The van der Waals surface area contributed by atoms with Crippen LogP contribution < -0.4 is 5.32 Å². The van der Waals surface area contributed by atoms with E-state index in [0.717, 1.165) is 32.5 Å². The van der Waals surface area contributed by atoms with Crippen molar-refractivity contribution in [1.82, 2.24) is 10.2 Å². The van der Waals surface area contributed by atoms with Crippen LogP contribution in [0.1, 0.15) is 41.5 Å². The Bertz CT molecular complexity index is 441. The summed E-state index contributed by atoms with van der Waals surface area (Å²) in [4.78, 5) is 17.1. The molecule has 3 rings (SSSR count). The van der Waals surface area contributed by atoms with Crippen molar-refractivity contribution in [2.45, 2.75) is 51.6 Å². The number of hydrogen-bond acceptors (Lipinski definition) is 3. The van der Waals surface area contributed by atoms with E-state index in [0.29, 0.717) is 0 Å². The van der Waals surface area contributed by atoms with Gasteiger partial charge in [-0.3, -0.25) is 4.79 Å². The van der Waals surface area contributed by atoms with Gasteiger partial charge in [-0.05, 0) is 50.7 Å². The highest BCUT2D eigenvalue weighted by Gasteiger charge is 2.23. The Labute approximate surface area is 119 Å². The van der Waals surface area contributed by atoms with E-state index >= 15 is 0 Å². The number of nitrogens with one attached hydrogen (secondary N) is 1. The van der Waals surface area contributed by atoms with Gasteiger partial charge in [0.15, 0.2) is 0 Å². The number of rotatable bonds is 4. The molecule has 1 aromatic heterocycles. The molecule has 1 atom stereocenters. The van der Waals surface area contributed by atoms with E-state index in [-0.39, 0.29) is 11.9 Å². The summed E-state index contributed by atoms with van der Waals surface area (Å²) in [6, 6.07) is 2.27. The Kier molecular flexibility index (Phi) is 3.89. The molecule has 1 N–H and O–H groups in total. The highest BCUT2D eigenvalue weighted by Crippen LogP contribution is 2.30. The fraction of sp³-hybridized carbons (Fsp3) is 0.667. The lowest BCUT2D eigenvalue weighted by Gasteiger charge is -2.20. The van der Waals surface area contributed by atoms with E-state index in [9.17, 15) is 4.79 Å². The lowest BCUT2D eigenvalue weighted by Crippen LogP contribution is -2.43. The van der Waals surface area contributed by atoms with E-state index in [4.69, 9.17) is 0 Å². The molecular formula is C15H22N2OS. The van der Waals surface area contributed by atoms with Gasteiger partial charge >= 0.3 is 0 Å². The zero-order valence-corrected chi connectivity index (χ0v) is 12.4. The Morgan fingerprint density at radius 3 is 2.89 bits per heavy atom. The molecule has 0 radical (unpaired) electrons. The summed E-state index contributed by atoms with van der Waals surface area (Å²) in [6.45, 7) is 4.71. The number of hydrogen-bond donors (Lipinski definition) is 1. The molecule has 104 valence electrons. The monoisotopic (exact) mass is 278 g/mol. The first-order chi connectivity index (χ1) is 9.24. The summed E-state index contributed by atoms with van der Waals surface area (Å²) in [5, 5.41) is 3.38. The van der Waals surface area contributed by atoms with Gasteiger partial charge in [0.05, 0.1) is 6.04 Å². The molecule has 1 amide bonds. The number of carbonyl (C=O) groups is 1. The van der Waals surface area contributed by atoms with Gasteiger partial charge in [0.2, 0.25) is 5.91 Å². The summed E-state index contributed by atoms with van der Waals surface area (Å²) in [5.74, 6) is 0.265. The third-order valence-electron chi connectivity index (χ3n) is 4.17. The maximum Gasteiger partial charge on any atom is 0.239 e. The van der Waals surface area contributed by atoms with Gasteiger partial charge in [-0.2, -0.15) is 0 Å². The standard InChI is InChI=1S/C15H22N2OS/c1-11(15(18)17-7-2-3-8-17)16-10-13-9-12-5-4-6-14(12)19-13/h9,11,16H,2-8,10H2,1H3. The van der Waals surface area contributed by atoms with Gasteiger partial charge in [-0.25, -0.2) is 0 Å². The van der Waals surface area contributed by atoms with Crippen molar-refractivity contribution in [2.24, 2.45) is 0 Å². The van der Waals surface area contributed by atoms with Crippen LogP contribution in [0.4, 0.5) is 0 Å². The van der Waals surface area contributed by atoms with Crippen molar-refractivity contribution >= 4 is 17.2 Å². The van der Waals surface area contributed by atoms with Crippen molar-refractivity contribution in [1.29, 1.82) is 0 Å². The first kappa shape index (κ1) is 13.1. The molecule has 0 bridgehead atoms. The van der Waals surface area contributed by atoms with E-state index in [2.05, 4.69) is 11.4 Å². The fourth-order valence-corrected chi connectivity index (χ4v) is 4.24. The third-order valence-corrected chi connectivity index (χ3v) is 5.41. The van der Waals surface area contributed by atoms with E-state index < -0.39 is 0 Å². The molecule has 4 heteroatoms. The largest absolute Gasteiger partial charge is 0.341 e. The quantitative estimate of drug-likeness (QED) is 0.917. The minimum absolute atomic E-state index is 0.0601. The van der Waals surface area contributed by atoms with Crippen molar-refractivity contribution in [3.05, 3.63) is 21.4 Å². The van der Waals surface area contributed by atoms with Crippen LogP contribution in [0.15, 0.2) is 6.07 Å². The molecule has 1 unspecified atom stereocenters. The molecule has 0 spiro atoms. The number of likely N-dealkylation sites (tertiary alicyclic amines) is 1. The lowest BCUT2D eigenvalue weighted by molar-refractivity contribution is -0.131. The van der Waals surface area contributed by atoms with Crippen LogP contribution in [-0.4, -0.2) is 29.9 Å².